The highest BCUT2D eigenvalue weighted by Crippen LogP contribution is 2.49. The summed E-state index contributed by atoms with van der Waals surface area (Å²) in [7, 11) is 1.34. The van der Waals surface area contributed by atoms with E-state index in [1.807, 2.05) is 0 Å². The Morgan fingerprint density at radius 2 is 1.76 bits per heavy atom. The number of benzene rings is 2. The summed E-state index contributed by atoms with van der Waals surface area (Å²) in [5.41, 5.74) is 3.35. The fourth-order valence-corrected chi connectivity index (χ4v) is 3.61. The molecule has 1 saturated carbocycles. The minimum atomic E-state index is -1.56. The number of primary amides is 1. The molecule has 4 rings (SSSR count). The molecule has 0 unspecified atom stereocenters. The first-order valence-electron chi connectivity index (χ1n) is 11.0. The standard InChI is InChI=1S/C25H21F3N4O5/c1-36-13-22(33)31-21-10-16(6-9-30-21)37-20-12-17(27)19(11-18(20)28)32(15-4-2-14(26)3-5-15)24(35)25(7-8-25)23(29)34/h2-6,9-12H,7-8,13H2,1H3,(H2,29,34)(H,30,31,33). The van der Waals surface area contributed by atoms with Crippen molar-refractivity contribution in [1.82, 2.24) is 4.98 Å². The molecule has 3 amide bonds. The number of halogens is 3. The minimum absolute atomic E-state index is 0.0106. The molecule has 192 valence electrons. The van der Waals surface area contributed by atoms with Crippen molar-refractivity contribution in [2.24, 2.45) is 11.1 Å². The Morgan fingerprint density at radius 3 is 2.38 bits per heavy atom. The van der Waals surface area contributed by atoms with Crippen LogP contribution in [0.4, 0.5) is 30.4 Å². The van der Waals surface area contributed by atoms with Gasteiger partial charge in [0, 0.05) is 37.2 Å². The van der Waals surface area contributed by atoms with Crippen LogP contribution in [0.2, 0.25) is 0 Å². The second-order valence-electron chi connectivity index (χ2n) is 8.26. The highest BCUT2D eigenvalue weighted by Gasteiger charge is 2.57. The highest BCUT2D eigenvalue weighted by atomic mass is 19.1. The van der Waals surface area contributed by atoms with Gasteiger partial charge in [-0.1, -0.05) is 0 Å². The number of amides is 3. The lowest BCUT2D eigenvalue weighted by molar-refractivity contribution is -0.133. The van der Waals surface area contributed by atoms with Crippen molar-refractivity contribution in [1.29, 1.82) is 0 Å². The summed E-state index contributed by atoms with van der Waals surface area (Å²) in [5, 5.41) is 2.45. The van der Waals surface area contributed by atoms with Crippen molar-refractivity contribution < 1.29 is 37.0 Å². The first-order chi connectivity index (χ1) is 17.6. The summed E-state index contributed by atoms with van der Waals surface area (Å²) in [6, 6.07) is 8.57. The molecule has 1 heterocycles. The zero-order valence-electron chi connectivity index (χ0n) is 19.5. The largest absolute Gasteiger partial charge is 0.454 e. The number of nitrogens with two attached hydrogens (primary N) is 1. The number of nitrogens with one attached hydrogen (secondary N) is 1. The molecule has 0 saturated heterocycles. The maximum Gasteiger partial charge on any atom is 0.251 e. The van der Waals surface area contributed by atoms with E-state index < -0.39 is 52.0 Å². The Hall–Kier alpha value is -4.45. The van der Waals surface area contributed by atoms with Crippen LogP contribution in [0.5, 0.6) is 11.5 Å². The smallest absolute Gasteiger partial charge is 0.251 e. The lowest BCUT2D eigenvalue weighted by Crippen LogP contribution is -2.41. The van der Waals surface area contributed by atoms with Gasteiger partial charge in [-0.2, -0.15) is 0 Å². The lowest BCUT2D eigenvalue weighted by Gasteiger charge is -2.27. The molecule has 1 aromatic heterocycles. The van der Waals surface area contributed by atoms with Crippen LogP contribution < -0.4 is 20.7 Å². The molecule has 0 spiro atoms. The summed E-state index contributed by atoms with van der Waals surface area (Å²) in [6.45, 7) is -0.214. The molecule has 3 aromatic rings. The van der Waals surface area contributed by atoms with Gasteiger partial charge in [-0.05, 0) is 43.2 Å². The Morgan fingerprint density at radius 1 is 1.05 bits per heavy atom. The molecule has 37 heavy (non-hydrogen) atoms. The fourth-order valence-electron chi connectivity index (χ4n) is 3.61. The average Bonchev–Trinajstić information content (AvgIpc) is 3.66. The molecule has 9 nitrogen and oxygen atoms in total. The molecule has 0 radical (unpaired) electrons. The number of methoxy groups -OCH3 is 1. The second-order valence-corrected chi connectivity index (χ2v) is 8.26. The second kappa shape index (κ2) is 10.3. The van der Waals surface area contributed by atoms with Crippen molar-refractivity contribution in [2.45, 2.75) is 12.8 Å². The van der Waals surface area contributed by atoms with E-state index in [9.17, 15) is 18.8 Å². The number of hydrogen-bond donors (Lipinski definition) is 2. The number of carbonyl (C=O) groups is 3. The zero-order valence-corrected chi connectivity index (χ0v) is 19.5. The third-order valence-electron chi connectivity index (χ3n) is 5.66. The number of anilines is 3. The number of carbonyl (C=O) groups excluding carboxylic acids is 3. The molecule has 0 aliphatic heterocycles. The van der Waals surface area contributed by atoms with E-state index in [1.54, 1.807) is 0 Å². The van der Waals surface area contributed by atoms with Gasteiger partial charge in [-0.3, -0.25) is 19.3 Å². The van der Waals surface area contributed by atoms with Crippen molar-refractivity contribution in [3.05, 3.63) is 72.2 Å². The van der Waals surface area contributed by atoms with E-state index in [0.29, 0.717) is 0 Å². The van der Waals surface area contributed by atoms with Crippen LogP contribution >= 0.6 is 0 Å². The quantitative estimate of drug-likeness (QED) is 0.419. The van der Waals surface area contributed by atoms with Crippen LogP contribution in [0.1, 0.15) is 12.8 Å². The van der Waals surface area contributed by atoms with E-state index in [2.05, 4.69) is 10.3 Å². The average molecular weight is 514 g/mol. The third-order valence-corrected chi connectivity index (χ3v) is 5.66. The predicted molar refractivity (Wildman–Crippen MR) is 126 cm³/mol. The fraction of sp³-hybridized carbons (Fsp3) is 0.200. The number of aromatic nitrogens is 1. The molecule has 1 fully saturated rings. The molecule has 2 aromatic carbocycles. The number of ether oxygens (including phenoxy) is 2. The molecule has 0 bridgehead atoms. The highest BCUT2D eigenvalue weighted by molar-refractivity contribution is 6.16. The number of nitrogens with zero attached hydrogens (tertiary/aromatic N) is 2. The SMILES string of the molecule is COCC(=O)Nc1cc(Oc2cc(F)c(N(C(=O)C3(C(N)=O)CC3)c3ccc(F)cc3)cc2F)ccn1. The number of pyridine rings is 1. The van der Waals surface area contributed by atoms with Gasteiger partial charge in [-0.15, -0.1) is 0 Å². The van der Waals surface area contributed by atoms with Gasteiger partial charge in [0.2, 0.25) is 11.8 Å². The predicted octanol–water partition coefficient (Wildman–Crippen LogP) is 3.81. The molecule has 3 N–H and O–H groups in total. The number of hydrogen-bond acceptors (Lipinski definition) is 6. The van der Waals surface area contributed by atoms with E-state index in [0.717, 1.165) is 29.2 Å². The van der Waals surface area contributed by atoms with Gasteiger partial charge in [0.25, 0.3) is 5.91 Å². The van der Waals surface area contributed by atoms with Gasteiger partial charge in [0.1, 0.15) is 29.4 Å². The van der Waals surface area contributed by atoms with E-state index in [4.69, 9.17) is 15.2 Å². The van der Waals surface area contributed by atoms with Gasteiger partial charge in [0.15, 0.2) is 17.4 Å². The van der Waals surface area contributed by atoms with E-state index in [1.165, 1.54) is 37.6 Å². The topological polar surface area (TPSA) is 124 Å². The van der Waals surface area contributed by atoms with Crippen LogP contribution in [0.3, 0.4) is 0 Å². The Balaban J connectivity index is 1.67. The summed E-state index contributed by atoms with van der Waals surface area (Å²) in [4.78, 5) is 41.7. The molecule has 0 atom stereocenters. The van der Waals surface area contributed by atoms with Gasteiger partial charge < -0.3 is 20.5 Å². The Labute approximate surface area is 209 Å². The summed E-state index contributed by atoms with van der Waals surface area (Å²) < 4.78 is 54.1. The van der Waals surface area contributed by atoms with E-state index in [-0.39, 0.29) is 36.7 Å². The van der Waals surface area contributed by atoms with Crippen LogP contribution in [0, 0.1) is 22.9 Å². The normalized spacial score (nSPS) is 13.5. The lowest BCUT2D eigenvalue weighted by atomic mass is 10.0. The Bertz CT molecular complexity index is 1360. The zero-order chi connectivity index (χ0) is 26.7. The van der Waals surface area contributed by atoms with Crippen molar-refractivity contribution in [3.8, 4) is 11.5 Å². The summed E-state index contributed by atoms with van der Waals surface area (Å²) >= 11 is 0. The minimum Gasteiger partial charge on any atom is -0.454 e. The third kappa shape index (κ3) is 5.38. The summed E-state index contributed by atoms with van der Waals surface area (Å²) in [5.74, 6) is -5.34. The monoisotopic (exact) mass is 514 g/mol. The molecule has 1 aliphatic carbocycles. The molecule has 12 heteroatoms. The van der Waals surface area contributed by atoms with Gasteiger partial charge >= 0.3 is 0 Å². The first-order valence-corrected chi connectivity index (χ1v) is 11.0. The first kappa shape index (κ1) is 25.6. The van der Waals surface area contributed by atoms with Crippen molar-refractivity contribution >= 4 is 34.9 Å². The number of rotatable bonds is 9. The Kier molecular flexibility index (Phi) is 7.11. The summed E-state index contributed by atoms with van der Waals surface area (Å²) in [6.07, 6.45) is 1.58. The maximum absolute atomic E-state index is 15.3. The molecular formula is C25H21F3N4O5. The van der Waals surface area contributed by atoms with Gasteiger partial charge in [0.05, 0.1) is 5.69 Å². The molecular weight excluding hydrogens is 493 g/mol. The maximum atomic E-state index is 15.3. The van der Waals surface area contributed by atoms with Crippen molar-refractivity contribution in [2.75, 3.05) is 23.9 Å². The van der Waals surface area contributed by atoms with Gasteiger partial charge in [-0.25, -0.2) is 18.2 Å². The van der Waals surface area contributed by atoms with Crippen LogP contribution in [0.25, 0.3) is 0 Å². The molecule has 1 aliphatic rings. The van der Waals surface area contributed by atoms with Crippen LogP contribution in [-0.2, 0) is 19.1 Å². The van der Waals surface area contributed by atoms with Crippen LogP contribution in [-0.4, -0.2) is 36.4 Å². The van der Waals surface area contributed by atoms with Crippen LogP contribution in [0.15, 0.2) is 54.7 Å². The van der Waals surface area contributed by atoms with Crippen molar-refractivity contribution in [3.63, 3.8) is 0 Å². The van der Waals surface area contributed by atoms with E-state index >= 15 is 8.78 Å².